The second kappa shape index (κ2) is 6.95. The standard InChI is InChI=1S/C15H27NOSi/c1-6-18(7-2,8-3)17-13-14-10-9-11-15(12-14)16(4)5/h9-12H,6-8,13H2,1-5H3. The molecule has 18 heavy (non-hydrogen) atoms. The van der Waals surface area contributed by atoms with Gasteiger partial charge in [-0.15, -0.1) is 0 Å². The predicted molar refractivity (Wildman–Crippen MR) is 82.8 cm³/mol. The van der Waals surface area contributed by atoms with E-state index in [0.29, 0.717) is 0 Å². The molecule has 0 radical (unpaired) electrons. The first-order valence-electron chi connectivity index (χ1n) is 6.97. The van der Waals surface area contributed by atoms with Crippen LogP contribution in [-0.4, -0.2) is 22.4 Å². The molecular weight excluding hydrogens is 238 g/mol. The highest BCUT2D eigenvalue weighted by Gasteiger charge is 2.28. The molecule has 2 nitrogen and oxygen atoms in total. The second-order valence-corrected chi connectivity index (χ2v) is 9.87. The number of nitrogens with zero attached hydrogens (tertiary/aromatic N) is 1. The zero-order valence-corrected chi connectivity index (χ0v) is 13.5. The average molecular weight is 265 g/mol. The third-order valence-electron chi connectivity index (χ3n) is 3.90. The highest BCUT2D eigenvalue weighted by molar-refractivity contribution is 6.73. The molecule has 0 aliphatic rings. The summed E-state index contributed by atoms with van der Waals surface area (Å²) in [5.41, 5.74) is 2.53. The molecule has 0 heterocycles. The Kier molecular flexibility index (Phi) is 5.89. The van der Waals surface area contributed by atoms with Crippen LogP contribution in [-0.2, 0) is 11.0 Å². The molecule has 0 spiro atoms. The molecule has 0 atom stereocenters. The Morgan fingerprint density at radius 2 is 1.67 bits per heavy atom. The van der Waals surface area contributed by atoms with Crippen LogP contribution in [0.5, 0.6) is 0 Å². The van der Waals surface area contributed by atoms with Gasteiger partial charge in [0.25, 0.3) is 0 Å². The Balaban J connectivity index is 2.70. The maximum atomic E-state index is 6.32. The van der Waals surface area contributed by atoms with Gasteiger partial charge < -0.3 is 9.33 Å². The first kappa shape index (κ1) is 15.3. The Bertz CT molecular complexity index is 353. The molecule has 0 unspecified atom stereocenters. The molecular formula is C15H27NOSi. The second-order valence-electron chi connectivity index (χ2n) is 5.10. The number of hydrogen-bond acceptors (Lipinski definition) is 2. The van der Waals surface area contributed by atoms with E-state index in [2.05, 4.69) is 64.0 Å². The van der Waals surface area contributed by atoms with Crippen molar-refractivity contribution in [3.05, 3.63) is 29.8 Å². The van der Waals surface area contributed by atoms with Crippen molar-refractivity contribution >= 4 is 14.0 Å². The Morgan fingerprint density at radius 1 is 1.06 bits per heavy atom. The molecule has 0 aliphatic heterocycles. The Morgan fingerprint density at radius 3 is 2.17 bits per heavy atom. The van der Waals surface area contributed by atoms with E-state index in [-0.39, 0.29) is 0 Å². The van der Waals surface area contributed by atoms with Crippen LogP contribution in [0.15, 0.2) is 24.3 Å². The van der Waals surface area contributed by atoms with Crippen LogP contribution < -0.4 is 4.90 Å². The van der Waals surface area contributed by atoms with Crippen LogP contribution in [0.4, 0.5) is 5.69 Å². The largest absolute Gasteiger partial charge is 0.413 e. The summed E-state index contributed by atoms with van der Waals surface area (Å²) in [4.78, 5) is 2.13. The summed E-state index contributed by atoms with van der Waals surface area (Å²) in [6, 6.07) is 12.3. The SMILES string of the molecule is CC[Si](CC)(CC)OCc1cccc(N(C)C)c1. The van der Waals surface area contributed by atoms with Gasteiger partial charge in [-0.3, -0.25) is 0 Å². The number of rotatable bonds is 7. The van der Waals surface area contributed by atoms with Gasteiger partial charge in [0, 0.05) is 19.8 Å². The van der Waals surface area contributed by atoms with Gasteiger partial charge in [0.15, 0.2) is 8.32 Å². The van der Waals surface area contributed by atoms with Crippen LogP contribution in [0, 0.1) is 0 Å². The third-order valence-corrected chi connectivity index (χ3v) is 8.53. The van der Waals surface area contributed by atoms with E-state index >= 15 is 0 Å². The van der Waals surface area contributed by atoms with Crippen LogP contribution in [0.2, 0.25) is 18.1 Å². The van der Waals surface area contributed by atoms with Gasteiger partial charge in [-0.1, -0.05) is 32.9 Å². The van der Waals surface area contributed by atoms with Crippen molar-refractivity contribution in [3.8, 4) is 0 Å². The molecule has 0 fully saturated rings. The van der Waals surface area contributed by atoms with Crippen molar-refractivity contribution in [1.29, 1.82) is 0 Å². The minimum atomic E-state index is -1.46. The summed E-state index contributed by atoms with van der Waals surface area (Å²) in [7, 11) is 2.69. The number of benzene rings is 1. The minimum Gasteiger partial charge on any atom is -0.413 e. The lowest BCUT2D eigenvalue weighted by Gasteiger charge is -2.28. The fraction of sp³-hybridized carbons (Fsp3) is 0.600. The summed E-state index contributed by atoms with van der Waals surface area (Å²) >= 11 is 0. The van der Waals surface area contributed by atoms with Crippen molar-refractivity contribution in [3.63, 3.8) is 0 Å². The smallest absolute Gasteiger partial charge is 0.192 e. The van der Waals surface area contributed by atoms with Crippen molar-refractivity contribution in [2.75, 3.05) is 19.0 Å². The Hall–Kier alpha value is -0.803. The maximum absolute atomic E-state index is 6.32. The summed E-state index contributed by atoms with van der Waals surface area (Å²) in [5.74, 6) is 0. The highest BCUT2D eigenvalue weighted by atomic mass is 28.4. The lowest BCUT2D eigenvalue weighted by Crippen LogP contribution is -2.35. The van der Waals surface area contributed by atoms with E-state index < -0.39 is 8.32 Å². The predicted octanol–water partition coefficient (Wildman–Crippen LogP) is 4.27. The van der Waals surface area contributed by atoms with Crippen molar-refractivity contribution in [2.45, 2.75) is 45.5 Å². The third kappa shape index (κ3) is 3.85. The van der Waals surface area contributed by atoms with Gasteiger partial charge in [0.1, 0.15) is 0 Å². The maximum Gasteiger partial charge on any atom is 0.192 e. The van der Waals surface area contributed by atoms with E-state index in [9.17, 15) is 0 Å². The molecule has 3 heteroatoms. The summed E-state index contributed by atoms with van der Waals surface area (Å²) in [5, 5.41) is 0. The van der Waals surface area contributed by atoms with Crippen LogP contribution in [0.1, 0.15) is 26.3 Å². The normalized spacial score (nSPS) is 11.6. The first-order valence-corrected chi connectivity index (χ1v) is 9.50. The molecule has 0 aliphatic carbocycles. The zero-order chi connectivity index (χ0) is 13.6. The molecule has 0 saturated heterocycles. The molecule has 0 bridgehead atoms. The lowest BCUT2D eigenvalue weighted by molar-refractivity contribution is 0.287. The molecule has 0 aromatic heterocycles. The summed E-state index contributed by atoms with van der Waals surface area (Å²) in [6.07, 6.45) is 0. The molecule has 0 saturated carbocycles. The van der Waals surface area contributed by atoms with Crippen molar-refractivity contribution < 1.29 is 4.43 Å². The number of anilines is 1. The molecule has 0 amide bonds. The highest BCUT2D eigenvalue weighted by Crippen LogP contribution is 2.24. The van der Waals surface area contributed by atoms with E-state index in [1.807, 2.05) is 0 Å². The first-order chi connectivity index (χ1) is 8.56. The molecule has 1 aromatic carbocycles. The van der Waals surface area contributed by atoms with Gasteiger partial charge in [0.2, 0.25) is 0 Å². The van der Waals surface area contributed by atoms with Crippen molar-refractivity contribution in [2.24, 2.45) is 0 Å². The topological polar surface area (TPSA) is 12.5 Å². The molecule has 0 N–H and O–H groups in total. The van der Waals surface area contributed by atoms with Gasteiger partial charge in [-0.25, -0.2) is 0 Å². The monoisotopic (exact) mass is 265 g/mol. The fourth-order valence-electron chi connectivity index (χ4n) is 2.22. The van der Waals surface area contributed by atoms with Crippen molar-refractivity contribution in [1.82, 2.24) is 0 Å². The van der Waals surface area contributed by atoms with Gasteiger partial charge in [-0.2, -0.15) is 0 Å². The van der Waals surface area contributed by atoms with Gasteiger partial charge in [0.05, 0.1) is 6.61 Å². The average Bonchev–Trinajstić information content (AvgIpc) is 2.41. The molecule has 1 rings (SSSR count). The van der Waals surface area contributed by atoms with Crippen LogP contribution in [0.25, 0.3) is 0 Å². The van der Waals surface area contributed by atoms with Crippen LogP contribution in [0.3, 0.4) is 0 Å². The van der Waals surface area contributed by atoms with E-state index in [1.54, 1.807) is 0 Å². The van der Waals surface area contributed by atoms with Gasteiger partial charge in [-0.05, 0) is 35.8 Å². The van der Waals surface area contributed by atoms with E-state index in [0.717, 1.165) is 6.61 Å². The lowest BCUT2D eigenvalue weighted by atomic mass is 10.2. The quantitative estimate of drug-likeness (QED) is 0.683. The van der Waals surface area contributed by atoms with Crippen LogP contribution >= 0.6 is 0 Å². The van der Waals surface area contributed by atoms with E-state index in [4.69, 9.17) is 4.43 Å². The van der Waals surface area contributed by atoms with Gasteiger partial charge >= 0.3 is 0 Å². The summed E-state index contributed by atoms with van der Waals surface area (Å²) in [6.45, 7) is 7.59. The summed E-state index contributed by atoms with van der Waals surface area (Å²) < 4.78 is 6.32. The Labute approximate surface area is 113 Å². The van der Waals surface area contributed by atoms with E-state index in [1.165, 1.54) is 29.4 Å². The minimum absolute atomic E-state index is 0.767. The molecule has 1 aromatic rings. The molecule has 102 valence electrons. The fourth-order valence-corrected chi connectivity index (χ4v) is 4.80. The zero-order valence-electron chi connectivity index (χ0n) is 12.5. The number of hydrogen-bond donors (Lipinski definition) is 0.